The average Bonchev–Trinajstić information content (AvgIpc) is 2.75. The van der Waals surface area contributed by atoms with Gasteiger partial charge in [-0.3, -0.25) is 4.79 Å². The van der Waals surface area contributed by atoms with E-state index in [1.165, 1.54) is 4.90 Å². The molecular formula is C23H32N3O3+. The van der Waals surface area contributed by atoms with Gasteiger partial charge in [-0.1, -0.05) is 12.1 Å². The summed E-state index contributed by atoms with van der Waals surface area (Å²) in [5, 5.41) is 3.03. The summed E-state index contributed by atoms with van der Waals surface area (Å²) in [7, 11) is 0. The molecule has 0 spiro atoms. The van der Waals surface area contributed by atoms with Crippen LogP contribution < -0.4 is 24.6 Å². The molecule has 29 heavy (non-hydrogen) atoms. The fourth-order valence-corrected chi connectivity index (χ4v) is 3.70. The van der Waals surface area contributed by atoms with Crippen LogP contribution in [0.3, 0.4) is 0 Å². The first-order valence-electron chi connectivity index (χ1n) is 10.5. The first kappa shape index (κ1) is 21.0. The summed E-state index contributed by atoms with van der Waals surface area (Å²) in [4.78, 5) is 16.4. The van der Waals surface area contributed by atoms with E-state index in [0.29, 0.717) is 13.2 Å². The number of quaternary nitrogens is 1. The molecule has 0 aromatic heterocycles. The Bertz CT molecular complexity index is 786. The lowest BCUT2D eigenvalue weighted by Gasteiger charge is -2.36. The number of hydrogen-bond acceptors (Lipinski definition) is 4. The number of nitrogens with zero attached hydrogens (tertiary/aromatic N) is 1. The molecule has 3 rings (SSSR count). The molecule has 1 saturated heterocycles. The lowest BCUT2D eigenvalue weighted by atomic mass is 10.2. The number of rotatable bonds is 8. The zero-order valence-corrected chi connectivity index (χ0v) is 17.6. The average molecular weight is 399 g/mol. The van der Waals surface area contributed by atoms with Crippen molar-refractivity contribution in [1.29, 1.82) is 0 Å². The fourth-order valence-electron chi connectivity index (χ4n) is 3.70. The van der Waals surface area contributed by atoms with E-state index in [4.69, 9.17) is 9.47 Å². The minimum atomic E-state index is -0.106. The number of piperazine rings is 1. The van der Waals surface area contributed by atoms with Crippen molar-refractivity contribution in [3.63, 3.8) is 0 Å². The topological polar surface area (TPSA) is 55.2 Å². The number of ether oxygens (including phenoxy) is 2. The molecule has 1 amide bonds. The molecule has 1 atom stereocenters. The van der Waals surface area contributed by atoms with Crippen molar-refractivity contribution in [3.05, 3.63) is 48.5 Å². The van der Waals surface area contributed by atoms with Gasteiger partial charge in [0.1, 0.15) is 11.5 Å². The Labute approximate surface area is 173 Å². The highest BCUT2D eigenvalue weighted by atomic mass is 16.5. The van der Waals surface area contributed by atoms with E-state index in [1.807, 2.05) is 63.2 Å². The number of para-hydroxylation sites is 2. The first-order chi connectivity index (χ1) is 14.1. The number of carbonyl (C=O) groups is 1. The van der Waals surface area contributed by atoms with Gasteiger partial charge in [-0.25, -0.2) is 0 Å². The second-order valence-corrected chi connectivity index (χ2v) is 7.21. The van der Waals surface area contributed by atoms with Gasteiger partial charge in [-0.2, -0.15) is 0 Å². The standard InChI is InChI=1S/C23H31N3O3/c1-4-28-20-12-10-19(11-13-20)24-23(27)18(3)25-14-16-26(17-15-25)21-8-6-7-9-22(21)29-5-2/h6-13,18H,4-5,14-17H2,1-3H3,(H,24,27)/p+1/t18-/m0/s1. The summed E-state index contributed by atoms with van der Waals surface area (Å²) in [6.07, 6.45) is 0. The summed E-state index contributed by atoms with van der Waals surface area (Å²) in [6, 6.07) is 15.6. The Morgan fingerprint density at radius 3 is 2.34 bits per heavy atom. The third kappa shape index (κ3) is 5.41. The van der Waals surface area contributed by atoms with E-state index in [2.05, 4.69) is 16.3 Å². The van der Waals surface area contributed by atoms with Crippen molar-refractivity contribution in [3.8, 4) is 11.5 Å². The smallest absolute Gasteiger partial charge is 0.282 e. The maximum Gasteiger partial charge on any atom is 0.282 e. The van der Waals surface area contributed by atoms with Crippen LogP contribution in [0, 0.1) is 0 Å². The molecule has 0 aliphatic carbocycles. The normalized spacial score (nSPS) is 15.6. The Balaban J connectivity index is 1.54. The van der Waals surface area contributed by atoms with Crippen molar-refractivity contribution in [2.75, 3.05) is 49.6 Å². The Morgan fingerprint density at radius 1 is 1.03 bits per heavy atom. The van der Waals surface area contributed by atoms with Gasteiger partial charge in [0, 0.05) is 5.69 Å². The van der Waals surface area contributed by atoms with Gasteiger partial charge in [0.05, 0.1) is 45.1 Å². The largest absolute Gasteiger partial charge is 0.494 e. The molecule has 2 aromatic carbocycles. The number of hydrogen-bond donors (Lipinski definition) is 2. The van der Waals surface area contributed by atoms with E-state index in [9.17, 15) is 4.79 Å². The molecule has 6 nitrogen and oxygen atoms in total. The van der Waals surface area contributed by atoms with Gasteiger partial charge in [-0.05, 0) is 57.2 Å². The molecule has 6 heteroatoms. The van der Waals surface area contributed by atoms with Crippen LogP contribution in [-0.2, 0) is 4.79 Å². The highest BCUT2D eigenvalue weighted by Gasteiger charge is 2.30. The van der Waals surface area contributed by atoms with Gasteiger partial charge in [0.25, 0.3) is 5.91 Å². The number of amides is 1. The van der Waals surface area contributed by atoms with Gasteiger partial charge in [-0.15, -0.1) is 0 Å². The zero-order chi connectivity index (χ0) is 20.6. The second kappa shape index (κ2) is 10.2. The van der Waals surface area contributed by atoms with Gasteiger partial charge in [0.15, 0.2) is 6.04 Å². The molecule has 1 aliphatic heterocycles. The Morgan fingerprint density at radius 2 is 1.69 bits per heavy atom. The highest BCUT2D eigenvalue weighted by Crippen LogP contribution is 2.27. The van der Waals surface area contributed by atoms with Gasteiger partial charge >= 0.3 is 0 Å². The number of nitrogens with one attached hydrogen (secondary N) is 2. The lowest BCUT2D eigenvalue weighted by molar-refractivity contribution is -0.914. The number of carbonyl (C=O) groups excluding carboxylic acids is 1. The number of anilines is 2. The second-order valence-electron chi connectivity index (χ2n) is 7.21. The Hall–Kier alpha value is -2.73. The van der Waals surface area contributed by atoms with Crippen LogP contribution in [-0.4, -0.2) is 51.3 Å². The summed E-state index contributed by atoms with van der Waals surface area (Å²) in [6.45, 7) is 10.9. The minimum absolute atomic E-state index is 0.0485. The van der Waals surface area contributed by atoms with Crippen LogP contribution in [0.2, 0.25) is 0 Å². The molecule has 0 saturated carbocycles. The van der Waals surface area contributed by atoms with Crippen molar-refractivity contribution in [2.24, 2.45) is 0 Å². The highest BCUT2D eigenvalue weighted by molar-refractivity contribution is 5.93. The monoisotopic (exact) mass is 398 g/mol. The molecule has 2 N–H and O–H groups in total. The van der Waals surface area contributed by atoms with Crippen molar-refractivity contribution in [2.45, 2.75) is 26.8 Å². The first-order valence-corrected chi connectivity index (χ1v) is 10.5. The summed E-state index contributed by atoms with van der Waals surface area (Å²) in [5.41, 5.74) is 1.94. The summed E-state index contributed by atoms with van der Waals surface area (Å²) < 4.78 is 11.2. The maximum absolute atomic E-state index is 12.7. The van der Waals surface area contributed by atoms with Crippen LogP contribution in [0.25, 0.3) is 0 Å². The van der Waals surface area contributed by atoms with Crippen LogP contribution >= 0.6 is 0 Å². The third-order valence-corrected chi connectivity index (χ3v) is 5.35. The SMILES string of the molecule is CCOc1ccc(NC(=O)[C@H](C)[NH+]2CCN(c3ccccc3OCC)CC2)cc1. The van der Waals surface area contributed by atoms with Crippen molar-refractivity contribution in [1.82, 2.24) is 0 Å². The number of benzene rings is 2. The quantitative estimate of drug-likeness (QED) is 0.716. The summed E-state index contributed by atoms with van der Waals surface area (Å²) in [5.74, 6) is 1.79. The van der Waals surface area contributed by atoms with Crippen LogP contribution in [0.15, 0.2) is 48.5 Å². The van der Waals surface area contributed by atoms with Gasteiger partial charge < -0.3 is 24.6 Å². The third-order valence-electron chi connectivity index (χ3n) is 5.35. The molecule has 0 radical (unpaired) electrons. The maximum atomic E-state index is 12.7. The van der Waals surface area contributed by atoms with E-state index in [1.54, 1.807) is 0 Å². The van der Waals surface area contributed by atoms with Crippen LogP contribution in [0.5, 0.6) is 11.5 Å². The molecule has 0 unspecified atom stereocenters. The Kier molecular flexibility index (Phi) is 7.36. The van der Waals surface area contributed by atoms with E-state index in [-0.39, 0.29) is 11.9 Å². The molecule has 1 aliphatic rings. The fraction of sp³-hybridized carbons (Fsp3) is 0.435. The molecule has 1 heterocycles. The lowest BCUT2D eigenvalue weighted by Crippen LogP contribution is -3.19. The van der Waals surface area contributed by atoms with Crippen LogP contribution in [0.4, 0.5) is 11.4 Å². The zero-order valence-electron chi connectivity index (χ0n) is 17.6. The van der Waals surface area contributed by atoms with Crippen molar-refractivity contribution >= 4 is 17.3 Å². The molecule has 0 bridgehead atoms. The van der Waals surface area contributed by atoms with Crippen molar-refractivity contribution < 1.29 is 19.2 Å². The molecule has 2 aromatic rings. The van der Waals surface area contributed by atoms with Gasteiger partial charge in [0.2, 0.25) is 0 Å². The molecular weight excluding hydrogens is 366 g/mol. The minimum Gasteiger partial charge on any atom is -0.494 e. The summed E-state index contributed by atoms with van der Waals surface area (Å²) >= 11 is 0. The predicted octanol–water partition coefficient (Wildman–Crippen LogP) is 2.22. The van der Waals surface area contributed by atoms with E-state index < -0.39 is 0 Å². The van der Waals surface area contributed by atoms with E-state index >= 15 is 0 Å². The predicted molar refractivity (Wildman–Crippen MR) is 116 cm³/mol. The van der Waals surface area contributed by atoms with E-state index in [0.717, 1.165) is 49.1 Å². The molecule has 156 valence electrons. The molecule has 1 fully saturated rings. The van der Waals surface area contributed by atoms with Crippen LogP contribution in [0.1, 0.15) is 20.8 Å².